The van der Waals surface area contributed by atoms with Gasteiger partial charge < -0.3 is 16.0 Å². The Kier molecular flexibility index (Phi) is 10.3. The van der Waals surface area contributed by atoms with Crippen LogP contribution >= 0.6 is 23.4 Å². The molecule has 8 heteroatoms. The number of amides is 3. The Morgan fingerprint density at radius 1 is 0.659 bits per heavy atom. The molecule has 0 bridgehead atoms. The number of hydrogen-bond acceptors (Lipinski definition) is 4. The van der Waals surface area contributed by atoms with Crippen molar-refractivity contribution in [1.82, 2.24) is 5.32 Å². The molecule has 0 aliphatic heterocycles. The minimum atomic E-state index is -0.471. The van der Waals surface area contributed by atoms with Gasteiger partial charge in [0.25, 0.3) is 11.8 Å². The second-order valence-corrected chi connectivity index (χ2v) is 11.1. The molecule has 5 aromatic rings. The second kappa shape index (κ2) is 14.9. The van der Waals surface area contributed by atoms with Crippen molar-refractivity contribution in [2.45, 2.75) is 4.90 Å². The predicted molar refractivity (Wildman–Crippen MR) is 180 cm³/mol. The van der Waals surface area contributed by atoms with Crippen molar-refractivity contribution in [3.8, 4) is 11.1 Å². The fourth-order valence-electron chi connectivity index (χ4n) is 4.24. The van der Waals surface area contributed by atoms with Crippen molar-refractivity contribution in [2.75, 3.05) is 16.4 Å². The average molecular weight is 618 g/mol. The molecule has 0 saturated heterocycles. The topological polar surface area (TPSA) is 87.3 Å². The molecule has 6 nitrogen and oxygen atoms in total. The minimum absolute atomic E-state index is 0.0982. The number of carbonyl (C=O) groups is 3. The van der Waals surface area contributed by atoms with Gasteiger partial charge in [0.1, 0.15) is 5.70 Å². The first-order chi connectivity index (χ1) is 21.4. The Labute approximate surface area is 265 Å². The molecule has 0 aromatic heterocycles. The summed E-state index contributed by atoms with van der Waals surface area (Å²) in [6.07, 6.45) is 1.65. The lowest BCUT2D eigenvalue weighted by atomic mass is 10.0. The first kappa shape index (κ1) is 30.4. The number of rotatable bonds is 10. The third-order valence-electron chi connectivity index (χ3n) is 6.49. The molecule has 0 aliphatic rings. The molecule has 218 valence electrons. The van der Waals surface area contributed by atoms with Gasteiger partial charge in [-0.3, -0.25) is 14.4 Å². The largest absolute Gasteiger partial charge is 0.324 e. The maximum Gasteiger partial charge on any atom is 0.272 e. The van der Waals surface area contributed by atoms with Gasteiger partial charge in [0.2, 0.25) is 5.91 Å². The monoisotopic (exact) mass is 617 g/mol. The lowest BCUT2D eigenvalue weighted by molar-refractivity contribution is -0.114. The normalized spacial score (nSPS) is 11.0. The zero-order chi connectivity index (χ0) is 30.7. The van der Waals surface area contributed by atoms with Crippen LogP contribution in [0.1, 0.15) is 15.9 Å². The van der Waals surface area contributed by atoms with E-state index in [2.05, 4.69) is 16.0 Å². The van der Waals surface area contributed by atoms with Crippen LogP contribution in [0.2, 0.25) is 5.02 Å². The van der Waals surface area contributed by atoms with Gasteiger partial charge in [-0.05, 0) is 71.3 Å². The van der Waals surface area contributed by atoms with Crippen LogP contribution in [0.5, 0.6) is 0 Å². The smallest absolute Gasteiger partial charge is 0.272 e. The molecule has 0 heterocycles. The first-order valence-electron chi connectivity index (χ1n) is 13.8. The van der Waals surface area contributed by atoms with Gasteiger partial charge >= 0.3 is 0 Å². The third-order valence-corrected chi connectivity index (χ3v) is 7.83. The highest BCUT2D eigenvalue weighted by atomic mass is 35.5. The van der Waals surface area contributed by atoms with Gasteiger partial charge in [0.15, 0.2) is 0 Å². The molecule has 0 spiro atoms. The van der Waals surface area contributed by atoms with E-state index in [-0.39, 0.29) is 17.4 Å². The van der Waals surface area contributed by atoms with Crippen molar-refractivity contribution in [3.63, 3.8) is 0 Å². The molecule has 0 aliphatic carbocycles. The summed E-state index contributed by atoms with van der Waals surface area (Å²) in [4.78, 5) is 39.6. The van der Waals surface area contributed by atoms with E-state index in [0.29, 0.717) is 22.0 Å². The lowest BCUT2D eigenvalue weighted by Crippen LogP contribution is -2.30. The van der Waals surface area contributed by atoms with Gasteiger partial charge in [0.05, 0.1) is 16.5 Å². The summed E-state index contributed by atoms with van der Waals surface area (Å²) in [5, 5.41) is 8.91. The van der Waals surface area contributed by atoms with E-state index >= 15 is 0 Å². The minimum Gasteiger partial charge on any atom is -0.324 e. The number of carbonyl (C=O) groups excluding carboxylic acids is 3. The lowest BCUT2D eigenvalue weighted by Gasteiger charge is -2.12. The predicted octanol–water partition coefficient (Wildman–Crippen LogP) is 8.15. The third kappa shape index (κ3) is 8.47. The number of para-hydroxylation sites is 1. The van der Waals surface area contributed by atoms with Gasteiger partial charge in [0, 0.05) is 16.1 Å². The van der Waals surface area contributed by atoms with Crippen molar-refractivity contribution < 1.29 is 14.4 Å². The van der Waals surface area contributed by atoms with E-state index in [9.17, 15) is 14.4 Å². The van der Waals surface area contributed by atoms with E-state index < -0.39 is 11.8 Å². The van der Waals surface area contributed by atoms with Gasteiger partial charge in [-0.25, -0.2) is 0 Å². The zero-order valence-corrected chi connectivity index (χ0v) is 25.1. The van der Waals surface area contributed by atoms with Crippen LogP contribution in [0.4, 0.5) is 11.4 Å². The number of anilines is 2. The Morgan fingerprint density at radius 3 is 1.95 bits per heavy atom. The summed E-state index contributed by atoms with van der Waals surface area (Å²) in [6, 6.07) is 40.6. The van der Waals surface area contributed by atoms with Crippen LogP contribution in [0.25, 0.3) is 17.2 Å². The van der Waals surface area contributed by atoms with Crippen LogP contribution in [0.15, 0.2) is 144 Å². The summed E-state index contributed by atoms with van der Waals surface area (Å²) in [6.45, 7) is 0. The average Bonchev–Trinajstić information content (AvgIpc) is 3.06. The number of hydrogen-bond donors (Lipinski definition) is 3. The maximum absolute atomic E-state index is 13.4. The van der Waals surface area contributed by atoms with Crippen molar-refractivity contribution in [3.05, 3.63) is 155 Å². The molecule has 0 radical (unpaired) electrons. The Hall–Kier alpha value is -5.11. The molecule has 5 aromatic carbocycles. The van der Waals surface area contributed by atoms with E-state index in [1.54, 1.807) is 66.7 Å². The highest BCUT2D eigenvalue weighted by Gasteiger charge is 2.15. The Morgan fingerprint density at radius 2 is 1.27 bits per heavy atom. The standard InChI is InChI=1S/C36H28ClN3O3S/c37-31-13-7-8-14-32(31)39-34(41)24-44-30-21-19-29(20-22-30)38-36(43)33(40-35(42)28-11-5-2-6-12-28)23-25-15-17-27(18-16-25)26-9-3-1-4-10-26/h1-23H,24H2,(H,38,43)(H,39,41)(H,40,42)/b33-23-. The summed E-state index contributed by atoms with van der Waals surface area (Å²) in [5.74, 6) is -0.852. The molecule has 0 atom stereocenters. The van der Waals surface area contributed by atoms with Crippen molar-refractivity contribution in [1.29, 1.82) is 0 Å². The maximum atomic E-state index is 13.4. The van der Waals surface area contributed by atoms with Crippen LogP contribution in [0.3, 0.4) is 0 Å². The van der Waals surface area contributed by atoms with Crippen molar-refractivity contribution in [2.24, 2.45) is 0 Å². The van der Waals surface area contributed by atoms with Gasteiger partial charge in [-0.1, -0.05) is 96.5 Å². The molecule has 0 saturated carbocycles. The van der Waals surface area contributed by atoms with Gasteiger partial charge in [-0.15, -0.1) is 11.8 Å². The fraction of sp³-hybridized carbons (Fsp3) is 0.0278. The molecule has 44 heavy (non-hydrogen) atoms. The number of benzene rings is 5. The van der Waals surface area contributed by atoms with Crippen LogP contribution in [0, 0.1) is 0 Å². The first-order valence-corrected chi connectivity index (χ1v) is 15.1. The van der Waals surface area contributed by atoms with E-state index in [4.69, 9.17) is 11.6 Å². The zero-order valence-electron chi connectivity index (χ0n) is 23.5. The SMILES string of the molecule is O=C(CSc1ccc(NC(=O)/C(=C/c2ccc(-c3ccccc3)cc2)NC(=O)c2ccccc2)cc1)Nc1ccccc1Cl. The number of nitrogens with one attached hydrogen (secondary N) is 3. The second-order valence-electron chi connectivity index (χ2n) is 9.66. The molecular formula is C36H28ClN3O3S. The fourth-order valence-corrected chi connectivity index (χ4v) is 5.12. The van der Waals surface area contributed by atoms with E-state index in [1.165, 1.54) is 11.8 Å². The Balaban J connectivity index is 1.26. The molecule has 5 rings (SSSR count). The van der Waals surface area contributed by atoms with Crippen LogP contribution < -0.4 is 16.0 Å². The number of thioether (sulfide) groups is 1. The van der Waals surface area contributed by atoms with Gasteiger partial charge in [-0.2, -0.15) is 0 Å². The quantitative estimate of drug-likeness (QED) is 0.109. The highest BCUT2D eigenvalue weighted by molar-refractivity contribution is 8.00. The molecular weight excluding hydrogens is 590 g/mol. The summed E-state index contributed by atoms with van der Waals surface area (Å²) < 4.78 is 0. The number of halogens is 1. The van der Waals surface area contributed by atoms with Crippen LogP contribution in [-0.4, -0.2) is 23.5 Å². The summed E-state index contributed by atoms with van der Waals surface area (Å²) >= 11 is 7.48. The molecule has 3 amide bonds. The van der Waals surface area contributed by atoms with E-state index in [1.807, 2.05) is 72.8 Å². The van der Waals surface area contributed by atoms with E-state index in [0.717, 1.165) is 21.6 Å². The molecule has 0 fully saturated rings. The highest BCUT2D eigenvalue weighted by Crippen LogP contribution is 2.24. The van der Waals surface area contributed by atoms with Crippen molar-refractivity contribution >= 4 is 58.5 Å². The molecule has 3 N–H and O–H groups in total. The Bertz CT molecular complexity index is 1780. The summed E-state index contributed by atoms with van der Waals surface area (Å²) in [5.41, 5.74) is 4.52. The van der Waals surface area contributed by atoms with Crippen LogP contribution in [-0.2, 0) is 9.59 Å². The summed E-state index contributed by atoms with van der Waals surface area (Å²) in [7, 11) is 0. The molecule has 0 unspecified atom stereocenters.